The number of hydrogen-bond donors (Lipinski definition) is 2. The molecule has 1 aliphatic rings. The smallest absolute Gasteiger partial charge is 0.273 e. The fourth-order valence-corrected chi connectivity index (χ4v) is 2.28. The molecule has 2 N–H and O–H groups in total. The lowest BCUT2D eigenvalue weighted by molar-refractivity contribution is 0.0609. The minimum absolute atomic E-state index is 0.134. The molecule has 2 heterocycles. The number of rotatable bonds is 3. The predicted molar refractivity (Wildman–Crippen MR) is 77.6 cm³/mol. The Morgan fingerprint density at radius 1 is 1.29 bits per heavy atom. The molecule has 112 valence electrons. The molecule has 1 amide bonds. The highest BCUT2D eigenvalue weighted by Crippen LogP contribution is 2.10. The topological polar surface area (TPSA) is 76.9 Å². The third kappa shape index (κ3) is 4.02. The minimum Gasteiger partial charge on any atom is -0.395 e. The van der Waals surface area contributed by atoms with E-state index in [-0.39, 0.29) is 19.1 Å². The van der Waals surface area contributed by atoms with Crippen molar-refractivity contribution in [2.45, 2.75) is 0 Å². The van der Waals surface area contributed by atoms with Crippen LogP contribution in [0.15, 0.2) is 18.3 Å². The van der Waals surface area contributed by atoms with Gasteiger partial charge in [0.2, 0.25) is 0 Å². The molecule has 1 saturated heterocycles. The first-order valence-electron chi connectivity index (χ1n) is 6.93. The summed E-state index contributed by atoms with van der Waals surface area (Å²) in [5, 5.41) is 17.7. The zero-order valence-electron chi connectivity index (χ0n) is 11.8. The molecule has 0 bridgehead atoms. The number of nitrogens with zero attached hydrogens (tertiary/aromatic N) is 3. The first-order valence-corrected chi connectivity index (χ1v) is 6.93. The highest BCUT2D eigenvalue weighted by molar-refractivity contribution is 5.94. The lowest BCUT2D eigenvalue weighted by Gasteiger charge is -2.34. The molecule has 1 fully saturated rings. The van der Waals surface area contributed by atoms with Gasteiger partial charge in [0.15, 0.2) is 0 Å². The van der Waals surface area contributed by atoms with Gasteiger partial charge in [-0.05, 0) is 12.1 Å². The maximum absolute atomic E-state index is 12.5. The second-order valence-corrected chi connectivity index (χ2v) is 4.72. The van der Waals surface area contributed by atoms with Gasteiger partial charge < -0.3 is 15.1 Å². The van der Waals surface area contributed by atoms with Crippen LogP contribution >= 0.6 is 0 Å². The minimum atomic E-state index is -0.248. The van der Waals surface area contributed by atoms with Gasteiger partial charge in [-0.3, -0.25) is 9.69 Å². The van der Waals surface area contributed by atoms with E-state index in [0.717, 1.165) is 13.1 Å². The molecule has 2 rings (SSSR count). The normalized spacial score (nSPS) is 15.4. The number of amides is 1. The molecule has 0 spiro atoms. The summed E-state index contributed by atoms with van der Waals surface area (Å²) in [4.78, 5) is 20.5. The number of piperazine rings is 1. The maximum atomic E-state index is 12.5. The van der Waals surface area contributed by atoms with Crippen molar-refractivity contribution in [3.8, 4) is 11.8 Å². The fraction of sp³-hybridized carbons (Fsp3) is 0.467. The van der Waals surface area contributed by atoms with E-state index in [1.807, 2.05) is 0 Å². The summed E-state index contributed by atoms with van der Waals surface area (Å²) < 4.78 is 0. The summed E-state index contributed by atoms with van der Waals surface area (Å²) in [5.41, 5.74) is 0.864. The van der Waals surface area contributed by atoms with Gasteiger partial charge in [-0.25, -0.2) is 4.98 Å². The molecule has 0 saturated carbocycles. The van der Waals surface area contributed by atoms with Crippen LogP contribution in [0.25, 0.3) is 0 Å². The van der Waals surface area contributed by atoms with Gasteiger partial charge in [0.25, 0.3) is 5.91 Å². The van der Waals surface area contributed by atoms with Crippen LogP contribution in [0, 0.1) is 11.8 Å². The number of carbonyl (C=O) groups excluding carboxylic acids is 1. The monoisotopic (exact) mass is 289 g/mol. The number of pyridine rings is 1. The van der Waals surface area contributed by atoms with Gasteiger partial charge >= 0.3 is 0 Å². The summed E-state index contributed by atoms with van der Waals surface area (Å²) in [6.45, 7) is 3.24. The highest BCUT2D eigenvalue weighted by Gasteiger charge is 2.24. The van der Waals surface area contributed by atoms with Crippen molar-refractivity contribution in [3.05, 3.63) is 29.6 Å². The summed E-state index contributed by atoms with van der Waals surface area (Å²) in [7, 11) is 0. The van der Waals surface area contributed by atoms with E-state index in [9.17, 15) is 4.79 Å². The van der Waals surface area contributed by atoms with Crippen LogP contribution in [-0.4, -0.2) is 76.8 Å². The van der Waals surface area contributed by atoms with Crippen LogP contribution in [0.1, 0.15) is 16.1 Å². The van der Waals surface area contributed by atoms with Gasteiger partial charge in [-0.2, -0.15) is 0 Å². The third-order valence-corrected chi connectivity index (χ3v) is 3.39. The molecule has 6 nitrogen and oxygen atoms in total. The van der Waals surface area contributed by atoms with E-state index in [2.05, 4.69) is 21.7 Å². The molecule has 6 heteroatoms. The third-order valence-electron chi connectivity index (χ3n) is 3.39. The van der Waals surface area contributed by atoms with Crippen LogP contribution in [0.5, 0.6) is 0 Å². The average Bonchev–Trinajstić information content (AvgIpc) is 2.53. The number of aromatic nitrogens is 1. The summed E-state index contributed by atoms with van der Waals surface area (Å²) in [6, 6.07) is 3.45. The lowest BCUT2D eigenvalue weighted by atomic mass is 10.1. The second kappa shape index (κ2) is 7.74. The van der Waals surface area contributed by atoms with Crippen molar-refractivity contribution < 1.29 is 15.0 Å². The Morgan fingerprint density at radius 2 is 2.05 bits per heavy atom. The first-order chi connectivity index (χ1) is 10.3. The van der Waals surface area contributed by atoms with Gasteiger partial charge in [-0.15, -0.1) is 0 Å². The SMILES string of the molecule is O=C(c1ncccc1C#CCO)N1CCN(CCO)CC1. The number of carbonyl (C=O) groups is 1. The number of aliphatic hydroxyl groups is 2. The molecule has 0 atom stereocenters. The Morgan fingerprint density at radius 3 is 2.71 bits per heavy atom. The molecule has 0 unspecified atom stereocenters. The standard InChI is InChI=1S/C15H19N3O3/c19-11-2-4-13-3-1-5-16-14(13)15(21)18-8-6-17(7-9-18)10-12-20/h1,3,5,19-20H,6-12H2. The molecule has 1 aromatic rings. The van der Waals surface area contributed by atoms with Crippen molar-refractivity contribution in [2.75, 3.05) is 45.9 Å². The van der Waals surface area contributed by atoms with Gasteiger partial charge in [0, 0.05) is 38.9 Å². The summed E-state index contributed by atoms with van der Waals surface area (Å²) in [5.74, 6) is 5.17. The fourth-order valence-electron chi connectivity index (χ4n) is 2.28. The number of β-amino-alcohol motifs (C(OH)–C–C–N with tert-alkyl or cyclic N) is 1. The first kappa shape index (κ1) is 15.4. The molecule has 0 radical (unpaired) electrons. The molecule has 0 aliphatic carbocycles. The van der Waals surface area contributed by atoms with Crippen molar-refractivity contribution in [1.29, 1.82) is 0 Å². The van der Waals surface area contributed by atoms with Crippen molar-refractivity contribution in [1.82, 2.24) is 14.8 Å². The van der Waals surface area contributed by atoms with E-state index in [1.165, 1.54) is 0 Å². The maximum Gasteiger partial charge on any atom is 0.273 e. The molecule has 21 heavy (non-hydrogen) atoms. The Labute approximate surface area is 124 Å². The van der Waals surface area contributed by atoms with Crippen molar-refractivity contribution in [3.63, 3.8) is 0 Å². The van der Waals surface area contributed by atoms with Crippen LogP contribution in [0.2, 0.25) is 0 Å². The van der Waals surface area contributed by atoms with E-state index in [0.29, 0.717) is 30.9 Å². The predicted octanol–water partition coefficient (Wildman–Crippen LogP) is -0.825. The van der Waals surface area contributed by atoms with E-state index < -0.39 is 0 Å². The second-order valence-electron chi connectivity index (χ2n) is 4.72. The van der Waals surface area contributed by atoms with Gasteiger partial charge in [0.1, 0.15) is 12.3 Å². The molecule has 0 aromatic carbocycles. The van der Waals surface area contributed by atoms with Crippen LogP contribution in [0.4, 0.5) is 0 Å². The number of aliphatic hydroxyl groups excluding tert-OH is 2. The Hall–Kier alpha value is -1.94. The Bertz CT molecular complexity index is 543. The molecular formula is C15H19N3O3. The van der Waals surface area contributed by atoms with E-state index >= 15 is 0 Å². The van der Waals surface area contributed by atoms with Crippen LogP contribution in [-0.2, 0) is 0 Å². The van der Waals surface area contributed by atoms with Crippen LogP contribution in [0.3, 0.4) is 0 Å². The number of hydrogen-bond acceptors (Lipinski definition) is 5. The average molecular weight is 289 g/mol. The Balaban J connectivity index is 2.07. The summed E-state index contributed by atoms with van der Waals surface area (Å²) in [6.07, 6.45) is 1.57. The molecule has 1 aromatic heterocycles. The van der Waals surface area contributed by atoms with Crippen LogP contribution < -0.4 is 0 Å². The largest absolute Gasteiger partial charge is 0.395 e. The highest BCUT2D eigenvalue weighted by atomic mass is 16.3. The molecule has 1 aliphatic heterocycles. The van der Waals surface area contributed by atoms with Crippen molar-refractivity contribution in [2.24, 2.45) is 0 Å². The zero-order valence-corrected chi connectivity index (χ0v) is 11.8. The summed E-state index contributed by atoms with van der Waals surface area (Å²) >= 11 is 0. The van der Waals surface area contributed by atoms with Crippen molar-refractivity contribution >= 4 is 5.91 Å². The van der Waals surface area contributed by atoms with Gasteiger partial charge in [0.05, 0.1) is 12.2 Å². The Kier molecular flexibility index (Phi) is 5.69. The van der Waals surface area contributed by atoms with E-state index in [1.54, 1.807) is 23.2 Å². The molecular weight excluding hydrogens is 270 g/mol. The zero-order chi connectivity index (χ0) is 15.1. The quantitative estimate of drug-likeness (QED) is 0.711. The lowest BCUT2D eigenvalue weighted by Crippen LogP contribution is -2.49. The van der Waals surface area contributed by atoms with E-state index in [4.69, 9.17) is 10.2 Å². The van der Waals surface area contributed by atoms with Gasteiger partial charge in [-0.1, -0.05) is 11.8 Å².